The van der Waals surface area contributed by atoms with Crippen LogP contribution < -0.4 is 4.90 Å². The Hall–Kier alpha value is -2.96. The molecule has 152 valence electrons. The zero-order chi connectivity index (χ0) is 21.3. The largest absolute Gasteiger partial charge is 0.368 e. The highest BCUT2D eigenvalue weighted by atomic mass is 32.2. The Bertz CT molecular complexity index is 1090. The van der Waals surface area contributed by atoms with Gasteiger partial charge in [0.2, 0.25) is 10.0 Å². The van der Waals surface area contributed by atoms with E-state index in [9.17, 15) is 23.8 Å². The van der Waals surface area contributed by atoms with E-state index in [0.717, 1.165) is 16.7 Å². The molecule has 1 fully saturated rings. The number of hydrogen-bond acceptors (Lipinski definition) is 6. The molecule has 2 aromatic rings. The van der Waals surface area contributed by atoms with Gasteiger partial charge < -0.3 is 4.90 Å². The number of sulfonamides is 1. The highest BCUT2D eigenvalue weighted by Gasteiger charge is 2.31. The van der Waals surface area contributed by atoms with E-state index in [1.165, 1.54) is 16.4 Å². The van der Waals surface area contributed by atoms with Crippen LogP contribution in [0.25, 0.3) is 0 Å². The number of nitriles is 1. The molecule has 1 aliphatic heterocycles. The van der Waals surface area contributed by atoms with E-state index in [4.69, 9.17) is 0 Å². The van der Waals surface area contributed by atoms with Crippen molar-refractivity contribution in [1.82, 2.24) is 4.31 Å². The van der Waals surface area contributed by atoms with Crippen LogP contribution in [0.3, 0.4) is 0 Å². The fourth-order valence-corrected chi connectivity index (χ4v) is 5.71. The summed E-state index contributed by atoms with van der Waals surface area (Å²) in [6.45, 7) is 6.89. The van der Waals surface area contributed by atoms with Gasteiger partial charge in [0.1, 0.15) is 6.07 Å². The normalized spacial score (nSPS) is 15.2. The number of non-ortho nitro benzene ring substituents is 1. The number of anilines is 1. The van der Waals surface area contributed by atoms with Crippen LogP contribution in [-0.2, 0) is 10.0 Å². The summed E-state index contributed by atoms with van der Waals surface area (Å²) in [5.74, 6) is 0. The van der Waals surface area contributed by atoms with Crippen LogP contribution in [0.2, 0.25) is 0 Å². The maximum Gasteiger partial charge on any atom is 0.270 e. The molecule has 0 bridgehead atoms. The minimum Gasteiger partial charge on any atom is -0.368 e. The number of nitrogens with zero attached hydrogens (tertiary/aromatic N) is 4. The molecule has 2 aromatic carbocycles. The third-order valence-corrected chi connectivity index (χ3v) is 7.30. The predicted octanol–water partition coefficient (Wildman–Crippen LogP) is 2.90. The van der Waals surface area contributed by atoms with Gasteiger partial charge in [0, 0.05) is 38.3 Å². The van der Waals surface area contributed by atoms with Gasteiger partial charge in [0.15, 0.2) is 0 Å². The fraction of sp³-hybridized carbons (Fsp3) is 0.350. The number of nitro benzene ring substituents is 1. The third-order valence-electron chi connectivity index (χ3n) is 5.09. The Morgan fingerprint density at radius 1 is 1.03 bits per heavy atom. The Kier molecular flexibility index (Phi) is 5.59. The fourth-order valence-electron chi connectivity index (χ4n) is 3.88. The second kappa shape index (κ2) is 7.81. The second-order valence-electron chi connectivity index (χ2n) is 7.19. The molecule has 0 saturated carbocycles. The van der Waals surface area contributed by atoms with Crippen molar-refractivity contribution < 1.29 is 13.3 Å². The molecular weight excluding hydrogens is 392 g/mol. The van der Waals surface area contributed by atoms with Crippen LogP contribution in [0.4, 0.5) is 11.4 Å². The van der Waals surface area contributed by atoms with Crippen molar-refractivity contribution in [3.05, 3.63) is 62.7 Å². The summed E-state index contributed by atoms with van der Waals surface area (Å²) in [7, 11) is -3.63. The first kappa shape index (κ1) is 20.8. The summed E-state index contributed by atoms with van der Waals surface area (Å²) in [4.78, 5) is 12.6. The standard InChI is InChI=1S/C20H22N4O4S/c1-14-10-15(2)20(16(3)11-14)29(27,28)23-8-6-22(7-9-23)19-5-4-18(24(25)26)12-17(19)13-21/h4-5,10-12H,6-9H2,1-3H3. The summed E-state index contributed by atoms with van der Waals surface area (Å²) >= 11 is 0. The molecule has 0 aliphatic carbocycles. The molecule has 0 aromatic heterocycles. The minimum atomic E-state index is -3.63. The zero-order valence-electron chi connectivity index (χ0n) is 16.5. The van der Waals surface area contributed by atoms with Gasteiger partial charge >= 0.3 is 0 Å². The molecule has 8 nitrogen and oxygen atoms in total. The van der Waals surface area contributed by atoms with Crippen LogP contribution in [-0.4, -0.2) is 43.8 Å². The molecule has 9 heteroatoms. The molecule has 1 aliphatic rings. The lowest BCUT2D eigenvalue weighted by molar-refractivity contribution is -0.384. The average Bonchev–Trinajstić information content (AvgIpc) is 2.66. The SMILES string of the molecule is Cc1cc(C)c(S(=O)(=O)N2CCN(c3ccc([N+](=O)[O-])cc3C#N)CC2)c(C)c1. The summed E-state index contributed by atoms with van der Waals surface area (Å²) in [6, 6.07) is 9.89. The molecule has 0 atom stereocenters. The van der Waals surface area contributed by atoms with Crippen molar-refractivity contribution in [2.24, 2.45) is 0 Å². The zero-order valence-corrected chi connectivity index (χ0v) is 17.4. The summed E-state index contributed by atoms with van der Waals surface area (Å²) in [5, 5.41) is 20.3. The number of nitro groups is 1. The number of rotatable bonds is 4. The van der Waals surface area contributed by atoms with Gasteiger partial charge in [0.05, 0.1) is 21.1 Å². The lowest BCUT2D eigenvalue weighted by Gasteiger charge is -2.36. The molecule has 0 amide bonds. The van der Waals surface area contributed by atoms with Gasteiger partial charge in [0.25, 0.3) is 5.69 Å². The highest BCUT2D eigenvalue weighted by molar-refractivity contribution is 7.89. The first-order chi connectivity index (χ1) is 13.6. The minimum absolute atomic E-state index is 0.142. The Balaban J connectivity index is 1.83. The molecule has 0 radical (unpaired) electrons. The van der Waals surface area contributed by atoms with Crippen molar-refractivity contribution in [2.45, 2.75) is 25.7 Å². The van der Waals surface area contributed by atoms with Gasteiger partial charge in [-0.05, 0) is 38.0 Å². The first-order valence-corrected chi connectivity index (χ1v) is 10.6. The van der Waals surface area contributed by atoms with Gasteiger partial charge in [-0.15, -0.1) is 0 Å². The molecule has 3 rings (SSSR count). The first-order valence-electron chi connectivity index (χ1n) is 9.16. The van der Waals surface area contributed by atoms with E-state index in [1.807, 2.05) is 30.0 Å². The summed E-state index contributed by atoms with van der Waals surface area (Å²) < 4.78 is 27.9. The highest BCUT2D eigenvalue weighted by Crippen LogP contribution is 2.29. The molecule has 0 spiro atoms. The Labute approximate surface area is 170 Å². The van der Waals surface area contributed by atoms with E-state index in [1.54, 1.807) is 19.9 Å². The summed E-state index contributed by atoms with van der Waals surface area (Å²) in [6.07, 6.45) is 0. The van der Waals surface area contributed by atoms with Crippen LogP contribution >= 0.6 is 0 Å². The summed E-state index contributed by atoms with van der Waals surface area (Å²) in [5.41, 5.74) is 3.13. The Morgan fingerprint density at radius 2 is 1.62 bits per heavy atom. The predicted molar refractivity (Wildman–Crippen MR) is 109 cm³/mol. The molecular formula is C20H22N4O4S. The third kappa shape index (κ3) is 3.95. The van der Waals surface area contributed by atoms with E-state index >= 15 is 0 Å². The molecule has 1 saturated heterocycles. The number of hydrogen-bond donors (Lipinski definition) is 0. The molecule has 29 heavy (non-hydrogen) atoms. The van der Waals surface area contributed by atoms with E-state index < -0.39 is 14.9 Å². The quantitative estimate of drug-likeness (QED) is 0.562. The number of piperazine rings is 1. The molecule has 0 N–H and O–H groups in total. The maximum atomic E-state index is 13.2. The topological polar surface area (TPSA) is 108 Å². The Morgan fingerprint density at radius 3 is 2.14 bits per heavy atom. The van der Waals surface area contributed by atoms with Crippen molar-refractivity contribution in [3.8, 4) is 6.07 Å². The van der Waals surface area contributed by atoms with Crippen molar-refractivity contribution >= 4 is 21.4 Å². The van der Waals surface area contributed by atoms with E-state index in [2.05, 4.69) is 0 Å². The van der Waals surface area contributed by atoms with E-state index in [0.29, 0.717) is 23.7 Å². The monoisotopic (exact) mass is 414 g/mol. The van der Waals surface area contributed by atoms with Crippen molar-refractivity contribution in [1.29, 1.82) is 5.26 Å². The van der Waals surface area contributed by atoms with Gasteiger partial charge in [-0.3, -0.25) is 10.1 Å². The van der Waals surface area contributed by atoms with Crippen molar-refractivity contribution in [3.63, 3.8) is 0 Å². The lowest BCUT2D eigenvalue weighted by Crippen LogP contribution is -2.49. The van der Waals surface area contributed by atoms with Crippen LogP contribution in [0.15, 0.2) is 35.2 Å². The van der Waals surface area contributed by atoms with Crippen LogP contribution in [0, 0.1) is 42.2 Å². The van der Waals surface area contributed by atoms with Crippen LogP contribution in [0.5, 0.6) is 0 Å². The van der Waals surface area contributed by atoms with E-state index in [-0.39, 0.29) is 24.3 Å². The second-order valence-corrected chi connectivity index (χ2v) is 9.06. The van der Waals surface area contributed by atoms with Gasteiger partial charge in [-0.1, -0.05) is 17.7 Å². The number of benzene rings is 2. The lowest BCUT2D eigenvalue weighted by atomic mass is 10.1. The average molecular weight is 414 g/mol. The van der Waals surface area contributed by atoms with Crippen molar-refractivity contribution in [2.75, 3.05) is 31.1 Å². The maximum absolute atomic E-state index is 13.2. The number of aryl methyl sites for hydroxylation is 3. The van der Waals surface area contributed by atoms with Gasteiger partial charge in [-0.25, -0.2) is 8.42 Å². The van der Waals surface area contributed by atoms with Crippen LogP contribution in [0.1, 0.15) is 22.3 Å². The molecule has 1 heterocycles. The van der Waals surface area contributed by atoms with Gasteiger partial charge in [-0.2, -0.15) is 9.57 Å². The smallest absolute Gasteiger partial charge is 0.270 e. The molecule has 0 unspecified atom stereocenters.